The topological polar surface area (TPSA) is 92.4 Å². The molecular formula is C10H15FN2O3S. The van der Waals surface area contributed by atoms with E-state index >= 15 is 0 Å². The van der Waals surface area contributed by atoms with Gasteiger partial charge in [0, 0.05) is 13.2 Å². The van der Waals surface area contributed by atoms with Gasteiger partial charge in [0.25, 0.3) is 0 Å². The Kier molecular flexibility index (Phi) is 4.44. The summed E-state index contributed by atoms with van der Waals surface area (Å²) in [5, 5.41) is 8.78. The van der Waals surface area contributed by atoms with E-state index in [-0.39, 0.29) is 29.7 Å². The highest BCUT2D eigenvalue weighted by Crippen LogP contribution is 2.16. The molecule has 0 saturated heterocycles. The van der Waals surface area contributed by atoms with Crippen LogP contribution in [-0.4, -0.2) is 26.7 Å². The molecule has 0 radical (unpaired) electrons. The van der Waals surface area contributed by atoms with Crippen molar-refractivity contribution in [3.63, 3.8) is 0 Å². The van der Waals surface area contributed by atoms with E-state index in [1.54, 1.807) is 6.92 Å². The van der Waals surface area contributed by atoms with E-state index in [2.05, 4.69) is 4.72 Å². The van der Waals surface area contributed by atoms with Crippen LogP contribution in [0.1, 0.15) is 6.92 Å². The van der Waals surface area contributed by atoms with Gasteiger partial charge in [-0.3, -0.25) is 0 Å². The third kappa shape index (κ3) is 3.65. The number of halogens is 1. The van der Waals surface area contributed by atoms with Gasteiger partial charge in [0.1, 0.15) is 5.82 Å². The molecular weight excluding hydrogens is 247 g/mol. The molecule has 0 aliphatic heterocycles. The lowest BCUT2D eigenvalue weighted by Gasteiger charge is -2.10. The molecule has 1 aromatic carbocycles. The third-order valence-electron chi connectivity index (χ3n) is 2.21. The van der Waals surface area contributed by atoms with Gasteiger partial charge in [0.15, 0.2) is 0 Å². The van der Waals surface area contributed by atoms with E-state index in [0.717, 1.165) is 18.2 Å². The van der Waals surface area contributed by atoms with Gasteiger partial charge in [-0.25, -0.2) is 17.5 Å². The van der Waals surface area contributed by atoms with Gasteiger partial charge in [0.05, 0.1) is 10.6 Å². The number of nitrogens with two attached hydrogens (primary N) is 1. The van der Waals surface area contributed by atoms with E-state index in [1.807, 2.05) is 0 Å². The number of nitrogens with one attached hydrogen (secondary N) is 1. The second kappa shape index (κ2) is 5.44. The third-order valence-corrected chi connectivity index (χ3v) is 3.63. The molecule has 96 valence electrons. The Morgan fingerprint density at radius 1 is 1.53 bits per heavy atom. The molecule has 1 aromatic rings. The quantitative estimate of drug-likeness (QED) is 0.666. The van der Waals surface area contributed by atoms with Crippen molar-refractivity contribution in [2.75, 3.05) is 18.9 Å². The van der Waals surface area contributed by atoms with Crippen LogP contribution >= 0.6 is 0 Å². The van der Waals surface area contributed by atoms with Crippen LogP contribution in [0.4, 0.5) is 10.1 Å². The minimum absolute atomic E-state index is 0.0958. The minimum atomic E-state index is -3.71. The second-order valence-electron chi connectivity index (χ2n) is 3.82. The average molecular weight is 262 g/mol. The predicted octanol–water partition coefficient (Wildman–Crippen LogP) is 0.315. The number of anilines is 1. The monoisotopic (exact) mass is 262 g/mol. The SMILES string of the molecule is CC(CO)CNS(=O)(=O)c1ccc(F)c(N)c1. The zero-order valence-corrected chi connectivity index (χ0v) is 10.2. The zero-order valence-electron chi connectivity index (χ0n) is 9.35. The second-order valence-corrected chi connectivity index (χ2v) is 5.59. The number of hydrogen-bond acceptors (Lipinski definition) is 4. The summed E-state index contributed by atoms with van der Waals surface area (Å²) in [5.41, 5.74) is 5.07. The number of nitrogen functional groups attached to an aromatic ring is 1. The first-order valence-electron chi connectivity index (χ1n) is 5.02. The number of sulfonamides is 1. The van der Waals surface area contributed by atoms with Crippen molar-refractivity contribution < 1.29 is 17.9 Å². The normalized spacial score (nSPS) is 13.6. The van der Waals surface area contributed by atoms with Crippen LogP contribution in [0.3, 0.4) is 0 Å². The molecule has 17 heavy (non-hydrogen) atoms. The molecule has 4 N–H and O–H groups in total. The Morgan fingerprint density at radius 2 is 2.18 bits per heavy atom. The van der Waals surface area contributed by atoms with Gasteiger partial charge >= 0.3 is 0 Å². The van der Waals surface area contributed by atoms with E-state index in [0.29, 0.717) is 0 Å². The maximum Gasteiger partial charge on any atom is 0.240 e. The molecule has 1 unspecified atom stereocenters. The first kappa shape index (κ1) is 13.9. The van der Waals surface area contributed by atoms with Crippen LogP contribution in [-0.2, 0) is 10.0 Å². The van der Waals surface area contributed by atoms with E-state index in [9.17, 15) is 12.8 Å². The lowest BCUT2D eigenvalue weighted by Crippen LogP contribution is -2.29. The van der Waals surface area contributed by atoms with Crippen molar-refractivity contribution in [3.8, 4) is 0 Å². The van der Waals surface area contributed by atoms with Crippen LogP contribution in [0.2, 0.25) is 0 Å². The first-order chi connectivity index (χ1) is 7.86. The van der Waals surface area contributed by atoms with Crippen molar-refractivity contribution in [2.24, 2.45) is 5.92 Å². The molecule has 1 rings (SSSR count). The van der Waals surface area contributed by atoms with Gasteiger partial charge < -0.3 is 10.8 Å². The van der Waals surface area contributed by atoms with Crippen LogP contribution in [0, 0.1) is 11.7 Å². The van der Waals surface area contributed by atoms with Crippen molar-refractivity contribution in [2.45, 2.75) is 11.8 Å². The van der Waals surface area contributed by atoms with Gasteiger partial charge in [-0.15, -0.1) is 0 Å². The molecule has 5 nitrogen and oxygen atoms in total. The Morgan fingerprint density at radius 3 is 2.71 bits per heavy atom. The summed E-state index contributed by atoms with van der Waals surface area (Å²) in [7, 11) is -3.71. The van der Waals surface area contributed by atoms with Gasteiger partial charge in [0.2, 0.25) is 10.0 Å². The minimum Gasteiger partial charge on any atom is -0.396 e. The van der Waals surface area contributed by atoms with E-state index in [4.69, 9.17) is 10.8 Å². The summed E-state index contributed by atoms with van der Waals surface area (Å²) in [5.74, 6) is -0.852. The first-order valence-corrected chi connectivity index (χ1v) is 6.50. The standard InChI is InChI=1S/C10H15FN2O3S/c1-7(6-14)5-13-17(15,16)8-2-3-9(11)10(12)4-8/h2-4,7,13-14H,5-6,12H2,1H3. The highest BCUT2D eigenvalue weighted by Gasteiger charge is 2.16. The fourth-order valence-electron chi connectivity index (χ4n) is 1.09. The summed E-state index contributed by atoms with van der Waals surface area (Å²) in [6, 6.07) is 3.19. The van der Waals surface area contributed by atoms with E-state index in [1.165, 1.54) is 0 Å². The highest BCUT2D eigenvalue weighted by molar-refractivity contribution is 7.89. The Labute approximate surface area is 99.5 Å². The zero-order chi connectivity index (χ0) is 13.1. The van der Waals surface area contributed by atoms with Crippen molar-refractivity contribution in [1.82, 2.24) is 4.72 Å². The number of aliphatic hydroxyl groups is 1. The van der Waals surface area contributed by atoms with E-state index < -0.39 is 15.8 Å². The predicted molar refractivity (Wildman–Crippen MR) is 62.3 cm³/mol. The molecule has 0 spiro atoms. The molecule has 1 atom stereocenters. The fourth-order valence-corrected chi connectivity index (χ4v) is 2.29. The maximum absolute atomic E-state index is 12.9. The smallest absolute Gasteiger partial charge is 0.240 e. The van der Waals surface area contributed by atoms with Gasteiger partial charge in [-0.05, 0) is 24.1 Å². The molecule has 0 fully saturated rings. The Hall–Kier alpha value is -1.18. The van der Waals surface area contributed by atoms with Gasteiger partial charge in [-0.1, -0.05) is 6.92 Å². The van der Waals surface area contributed by atoms with Gasteiger partial charge in [-0.2, -0.15) is 0 Å². The molecule has 0 amide bonds. The molecule has 0 bridgehead atoms. The number of hydrogen-bond donors (Lipinski definition) is 3. The highest BCUT2D eigenvalue weighted by atomic mass is 32.2. The Balaban J connectivity index is 2.86. The molecule has 0 aliphatic carbocycles. The fraction of sp³-hybridized carbons (Fsp3) is 0.400. The summed E-state index contributed by atoms with van der Waals surface area (Å²) in [4.78, 5) is -0.0958. The molecule has 0 saturated carbocycles. The van der Waals surface area contributed by atoms with Crippen LogP contribution in [0.5, 0.6) is 0 Å². The molecule has 7 heteroatoms. The largest absolute Gasteiger partial charge is 0.396 e. The lowest BCUT2D eigenvalue weighted by molar-refractivity contribution is 0.238. The summed E-state index contributed by atoms with van der Waals surface area (Å²) in [6.45, 7) is 1.69. The van der Waals surface area contributed by atoms with Crippen molar-refractivity contribution in [3.05, 3.63) is 24.0 Å². The molecule has 0 heterocycles. The van der Waals surface area contributed by atoms with Crippen LogP contribution < -0.4 is 10.5 Å². The number of aliphatic hydroxyl groups excluding tert-OH is 1. The lowest BCUT2D eigenvalue weighted by atomic mass is 10.2. The summed E-state index contributed by atoms with van der Waals surface area (Å²) in [6.07, 6.45) is 0. The van der Waals surface area contributed by atoms with Crippen LogP contribution in [0.15, 0.2) is 23.1 Å². The van der Waals surface area contributed by atoms with Crippen LogP contribution in [0.25, 0.3) is 0 Å². The number of rotatable bonds is 5. The summed E-state index contributed by atoms with van der Waals surface area (Å²) < 4.78 is 38.7. The average Bonchev–Trinajstić information content (AvgIpc) is 2.29. The summed E-state index contributed by atoms with van der Waals surface area (Å²) >= 11 is 0. The van der Waals surface area contributed by atoms with Crippen molar-refractivity contribution in [1.29, 1.82) is 0 Å². The maximum atomic E-state index is 12.9. The molecule has 0 aliphatic rings. The number of benzene rings is 1. The Bertz CT molecular complexity index is 490. The van der Waals surface area contributed by atoms with Crippen molar-refractivity contribution >= 4 is 15.7 Å². The molecule has 0 aromatic heterocycles.